The fourth-order valence-electron chi connectivity index (χ4n) is 3.30. The van der Waals surface area contributed by atoms with Crippen LogP contribution in [0.4, 0.5) is 21.0 Å². The van der Waals surface area contributed by atoms with E-state index in [1.165, 1.54) is 4.90 Å². The van der Waals surface area contributed by atoms with Gasteiger partial charge in [-0.25, -0.2) is 15.0 Å². The topological polar surface area (TPSA) is 124 Å². The maximum absolute atomic E-state index is 11.5. The van der Waals surface area contributed by atoms with E-state index in [1.54, 1.807) is 96.3 Å². The zero-order valence-corrected chi connectivity index (χ0v) is 26.3. The Morgan fingerprint density at radius 2 is 0.913 bits per heavy atom. The number of nitrogen functional groups attached to an aromatic ring is 1. The van der Waals surface area contributed by atoms with Gasteiger partial charge in [-0.2, -0.15) is 0 Å². The lowest BCUT2D eigenvalue weighted by Gasteiger charge is -2.09. The van der Waals surface area contributed by atoms with Gasteiger partial charge in [0.1, 0.15) is 17.2 Å². The minimum Gasteiger partial charge on any atom is -0.409 e. The van der Waals surface area contributed by atoms with Gasteiger partial charge < -0.3 is 19.6 Å². The maximum Gasteiger partial charge on any atom is 0.519 e. The number of nitrogens with one attached hydrogen (secondary N) is 3. The highest BCUT2D eigenvalue weighted by atomic mass is 32.2. The van der Waals surface area contributed by atoms with Crippen molar-refractivity contribution < 1.29 is 23.8 Å². The first-order valence-corrected chi connectivity index (χ1v) is 16.0. The Balaban J connectivity index is 0.000000248. The summed E-state index contributed by atoms with van der Waals surface area (Å²) in [5, 5.41) is 0. The van der Waals surface area contributed by atoms with Crippen LogP contribution in [0.25, 0.3) is 0 Å². The molecule has 0 saturated carbocycles. The number of carbonyl (C=O) groups is 2. The van der Waals surface area contributed by atoms with E-state index in [0.717, 1.165) is 16.3 Å². The van der Waals surface area contributed by atoms with E-state index in [0.29, 0.717) is 17.2 Å². The summed E-state index contributed by atoms with van der Waals surface area (Å²) in [5.74, 6) is 6.61. The van der Waals surface area contributed by atoms with Crippen molar-refractivity contribution in [2.75, 3.05) is 23.4 Å². The van der Waals surface area contributed by atoms with Gasteiger partial charge in [0.2, 0.25) is 0 Å². The van der Waals surface area contributed by atoms with Gasteiger partial charge in [-0.1, -0.05) is 62.0 Å². The van der Waals surface area contributed by atoms with Crippen molar-refractivity contribution >= 4 is 47.1 Å². The molecule has 0 fully saturated rings. The number of para-hydroxylation sites is 3. The van der Waals surface area contributed by atoms with Gasteiger partial charge in [0.05, 0.1) is 5.69 Å². The van der Waals surface area contributed by atoms with Crippen molar-refractivity contribution in [1.82, 2.24) is 5.43 Å². The van der Waals surface area contributed by atoms with Gasteiger partial charge in [-0.3, -0.25) is 11.3 Å². The third kappa shape index (κ3) is 14.6. The number of hydrogen-bond donors (Lipinski definition) is 4. The molecule has 9 nitrogen and oxygen atoms in total. The average Bonchev–Trinajstić information content (AvgIpc) is 3.09. The van der Waals surface area contributed by atoms with Crippen LogP contribution in [-0.4, -0.2) is 24.8 Å². The molecule has 0 unspecified atom stereocenters. The predicted molar refractivity (Wildman–Crippen MR) is 190 cm³/mol. The van der Waals surface area contributed by atoms with E-state index in [1.807, 2.05) is 79.2 Å². The van der Waals surface area contributed by atoms with Gasteiger partial charge >= 0.3 is 12.2 Å². The van der Waals surface area contributed by atoms with E-state index in [9.17, 15) is 9.59 Å². The molecule has 0 aliphatic carbocycles. The minimum atomic E-state index is -0.739. The fraction of sp³-hybridized carbons (Fsp3) is 0.0857. The maximum atomic E-state index is 11.5. The Morgan fingerprint density at radius 1 is 0.543 bits per heavy atom. The normalized spacial score (nSPS) is 9.37. The molecule has 0 heterocycles. The van der Waals surface area contributed by atoms with E-state index >= 15 is 0 Å². The standard InChI is InChI=1S/C14H14N2O2S.C13H10O3.C7H10N2S.CH4/c1-19-13-9-7-11(8-10-13)15-16-14(17)18-12-5-3-2-4-6-12;14-13(15-11-7-3-1-4-8-11)16-12-9-5-2-6-10-12;1-10-7-4-2-6(9-8)3-5-7;/h2-10,15H,1H3,(H,16,17);1-10H;2-5,9H,8H2,1H3;1H4. The average molecular weight is 659 g/mol. The number of nitrogens with two attached hydrogens (primary N) is 1. The number of thioether (sulfide) groups is 2. The molecular weight excluding hydrogens is 621 g/mol. The lowest BCUT2D eigenvalue weighted by atomic mass is 10.3. The van der Waals surface area contributed by atoms with Gasteiger partial charge in [0.15, 0.2) is 0 Å². The highest BCUT2D eigenvalue weighted by molar-refractivity contribution is 7.98. The monoisotopic (exact) mass is 658 g/mol. The molecule has 5 N–H and O–H groups in total. The minimum absolute atomic E-state index is 0. The zero-order valence-electron chi connectivity index (χ0n) is 24.7. The molecule has 0 aromatic heterocycles. The summed E-state index contributed by atoms with van der Waals surface area (Å²) in [7, 11) is 0. The van der Waals surface area contributed by atoms with Crippen LogP contribution in [0, 0.1) is 0 Å². The summed E-state index contributed by atoms with van der Waals surface area (Å²) in [6, 6.07) is 42.1. The quantitative estimate of drug-likeness (QED) is 0.0422. The summed E-state index contributed by atoms with van der Waals surface area (Å²) in [4.78, 5) is 25.3. The third-order valence-electron chi connectivity index (χ3n) is 5.50. The predicted octanol–water partition coefficient (Wildman–Crippen LogP) is 9.12. The van der Waals surface area contributed by atoms with Gasteiger partial charge in [-0.05, 0) is 97.4 Å². The van der Waals surface area contributed by atoms with Crippen LogP contribution >= 0.6 is 23.5 Å². The first-order valence-electron chi connectivity index (χ1n) is 13.5. The molecule has 0 radical (unpaired) electrons. The summed E-state index contributed by atoms with van der Waals surface area (Å²) < 4.78 is 15.0. The molecule has 5 rings (SSSR count). The summed E-state index contributed by atoms with van der Waals surface area (Å²) in [5.41, 5.74) is 9.55. The van der Waals surface area contributed by atoms with Crippen LogP contribution in [0.2, 0.25) is 0 Å². The van der Waals surface area contributed by atoms with Crippen LogP contribution in [-0.2, 0) is 0 Å². The fourth-order valence-corrected chi connectivity index (χ4v) is 4.11. The Morgan fingerprint density at radius 3 is 1.28 bits per heavy atom. The highest BCUT2D eigenvalue weighted by Crippen LogP contribution is 2.18. The first-order chi connectivity index (χ1) is 22.0. The van der Waals surface area contributed by atoms with Crippen molar-refractivity contribution in [2.24, 2.45) is 5.84 Å². The first kappa shape index (κ1) is 37.1. The van der Waals surface area contributed by atoms with Crippen molar-refractivity contribution in [3.63, 3.8) is 0 Å². The van der Waals surface area contributed by atoms with Crippen molar-refractivity contribution in [1.29, 1.82) is 0 Å². The number of hydrazine groups is 2. The SMILES string of the molecule is C.CSc1ccc(NN)cc1.CSc1ccc(NNC(=O)Oc2ccccc2)cc1.O=C(Oc1ccccc1)Oc1ccccc1. The van der Waals surface area contributed by atoms with Gasteiger partial charge in [-0.15, -0.1) is 23.5 Å². The molecule has 0 aliphatic rings. The molecule has 5 aromatic rings. The lowest BCUT2D eigenvalue weighted by molar-refractivity contribution is 0.152. The summed E-state index contributed by atoms with van der Waals surface area (Å²) in [6.07, 6.45) is 2.76. The van der Waals surface area contributed by atoms with Crippen LogP contribution < -0.4 is 36.3 Å². The highest BCUT2D eigenvalue weighted by Gasteiger charge is 2.06. The number of carbonyl (C=O) groups excluding carboxylic acids is 2. The van der Waals surface area contributed by atoms with Crippen molar-refractivity contribution in [3.8, 4) is 17.2 Å². The number of amides is 1. The Kier molecular flexibility index (Phi) is 17.4. The molecule has 0 bridgehead atoms. The Hall–Kier alpha value is -5.10. The molecule has 240 valence electrons. The number of anilines is 2. The molecule has 46 heavy (non-hydrogen) atoms. The van der Waals surface area contributed by atoms with E-state index in [2.05, 4.69) is 16.3 Å². The Bertz CT molecular complexity index is 1480. The van der Waals surface area contributed by atoms with E-state index < -0.39 is 12.2 Å². The van der Waals surface area contributed by atoms with E-state index in [4.69, 9.17) is 20.1 Å². The van der Waals surface area contributed by atoms with Crippen molar-refractivity contribution in [3.05, 3.63) is 140 Å². The van der Waals surface area contributed by atoms with Crippen LogP contribution in [0.5, 0.6) is 17.2 Å². The van der Waals surface area contributed by atoms with Gasteiger partial charge in [0.25, 0.3) is 0 Å². The molecule has 5 aromatic carbocycles. The lowest BCUT2D eigenvalue weighted by Crippen LogP contribution is -2.32. The van der Waals surface area contributed by atoms with Crippen LogP contribution in [0.3, 0.4) is 0 Å². The second-order valence-corrected chi connectivity index (χ2v) is 10.4. The summed E-state index contributed by atoms with van der Waals surface area (Å²) in [6.45, 7) is 0. The molecule has 11 heteroatoms. The summed E-state index contributed by atoms with van der Waals surface area (Å²) >= 11 is 3.38. The molecular formula is C35H38N4O5S2. The molecule has 0 atom stereocenters. The number of hydrogen-bond acceptors (Lipinski definition) is 10. The van der Waals surface area contributed by atoms with Crippen LogP contribution in [0.15, 0.2) is 149 Å². The number of rotatable bonds is 8. The third-order valence-corrected chi connectivity index (χ3v) is 6.99. The van der Waals surface area contributed by atoms with E-state index in [-0.39, 0.29) is 7.43 Å². The second-order valence-electron chi connectivity index (χ2n) is 8.63. The molecule has 1 amide bonds. The smallest absolute Gasteiger partial charge is 0.409 e. The number of benzene rings is 5. The molecule has 0 saturated heterocycles. The Labute approximate surface area is 278 Å². The van der Waals surface area contributed by atoms with Crippen molar-refractivity contribution in [2.45, 2.75) is 17.2 Å². The second kappa shape index (κ2) is 21.6. The molecule has 0 spiro atoms. The number of ether oxygens (including phenoxy) is 3. The molecule has 0 aliphatic heterocycles. The zero-order chi connectivity index (χ0) is 32.1. The van der Waals surface area contributed by atoms with Gasteiger partial charge in [0, 0.05) is 15.5 Å². The van der Waals surface area contributed by atoms with Crippen LogP contribution in [0.1, 0.15) is 7.43 Å². The largest absolute Gasteiger partial charge is 0.519 e.